The van der Waals surface area contributed by atoms with Crippen molar-refractivity contribution in [2.75, 3.05) is 13.2 Å². The number of aliphatic hydroxyl groups is 1. The summed E-state index contributed by atoms with van der Waals surface area (Å²) in [4.78, 5) is 24.5. The van der Waals surface area contributed by atoms with Gasteiger partial charge in [-0.15, -0.1) is 0 Å². The van der Waals surface area contributed by atoms with Crippen molar-refractivity contribution in [2.24, 2.45) is 0 Å². The number of esters is 2. The van der Waals surface area contributed by atoms with E-state index in [0.717, 1.165) is 122 Å². The summed E-state index contributed by atoms with van der Waals surface area (Å²) >= 11 is 0. The van der Waals surface area contributed by atoms with E-state index in [0.29, 0.717) is 12.8 Å². The smallest absolute Gasteiger partial charge is 0.306 e. The molecule has 1 unspecified atom stereocenters. The predicted octanol–water partition coefficient (Wildman–Crippen LogP) is 19.4. The summed E-state index contributed by atoms with van der Waals surface area (Å²) in [6.07, 6.45) is 89.6. The molecule has 5 heteroatoms. The molecule has 0 spiro atoms. The lowest BCUT2D eigenvalue weighted by atomic mass is 10.0. The highest BCUT2D eigenvalue weighted by Crippen LogP contribution is 2.15. The van der Waals surface area contributed by atoms with E-state index in [9.17, 15) is 14.7 Å². The third kappa shape index (κ3) is 56.4. The van der Waals surface area contributed by atoms with E-state index in [4.69, 9.17) is 9.47 Å². The lowest BCUT2D eigenvalue weighted by Crippen LogP contribution is -2.28. The van der Waals surface area contributed by atoms with E-state index in [1.165, 1.54) is 83.5 Å². The molecule has 0 aromatic carbocycles. The minimum atomic E-state index is -0.796. The first-order valence-electron chi connectivity index (χ1n) is 28.4. The van der Waals surface area contributed by atoms with Crippen molar-refractivity contribution in [2.45, 2.75) is 238 Å². The van der Waals surface area contributed by atoms with Crippen LogP contribution >= 0.6 is 0 Å². The Kier molecular flexibility index (Phi) is 55.5. The first-order valence-corrected chi connectivity index (χ1v) is 28.4. The van der Waals surface area contributed by atoms with Gasteiger partial charge in [0, 0.05) is 12.8 Å². The van der Waals surface area contributed by atoms with Crippen molar-refractivity contribution in [1.29, 1.82) is 0 Å². The first kappa shape index (κ1) is 65.8. The maximum absolute atomic E-state index is 12.3. The van der Waals surface area contributed by atoms with Crippen LogP contribution in [-0.2, 0) is 19.1 Å². The van der Waals surface area contributed by atoms with Crippen LogP contribution in [0, 0.1) is 0 Å². The summed E-state index contributed by atoms with van der Waals surface area (Å²) < 4.78 is 10.7. The summed E-state index contributed by atoms with van der Waals surface area (Å²) in [5, 5.41) is 9.64. The molecule has 0 saturated carbocycles. The molecule has 394 valence electrons. The van der Waals surface area contributed by atoms with Crippen molar-refractivity contribution in [3.05, 3.63) is 146 Å². The molecule has 0 amide bonds. The molecule has 1 atom stereocenters. The van der Waals surface area contributed by atoms with E-state index in [2.05, 4.69) is 160 Å². The number of ether oxygens (including phenoxy) is 2. The minimum Gasteiger partial charge on any atom is -0.462 e. The average molecular weight is 966 g/mol. The summed E-state index contributed by atoms with van der Waals surface area (Å²) in [5.74, 6) is -0.635. The number of unbranched alkanes of at least 4 members (excludes halogenated alkanes) is 18. The van der Waals surface area contributed by atoms with Crippen molar-refractivity contribution < 1.29 is 24.2 Å². The molecule has 0 aliphatic carbocycles. The van der Waals surface area contributed by atoms with Crippen LogP contribution in [0.15, 0.2) is 146 Å². The number of hydrogen-bond acceptors (Lipinski definition) is 5. The van der Waals surface area contributed by atoms with Crippen molar-refractivity contribution >= 4 is 11.9 Å². The third-order valence-corrected chi connectivity index (χ3v) is 11.6. The standard InChI is InChI=1S/C65H104O5/c1-3-5-7-9-11-13-15-17-19-21-23-24-25-26-27-28-29-30-31-32-33-34-35-36-37-38-39-40-42-44-46-48-50-52-54-56-58-60-65(68)70-63(61-66)62-69-64(67)59-57-55-53-51-49-47-45-43-41-22-20-18-16-14-12-10-8-6-4-2/h5-8,11-14,17-20,23-24,26-27,29-30,32-33,41,43,47,49,63,66H,3-4,9-10,15-16,21-22,25,28,31,34-40,42,44-46,48,50-62H2,1-2H3/b7-5-,8-6-,13-11-,14-12-,19-17-,20-18-,24-23-,27-26-,30-29-,33-32-,43-41-,49-47-. The molecule has 0 fully saturated rings. The van der Waals surface area contributed by atoms with E-state index in [-0.39, 0.29) is 25.2 Å². The molecule has 70 heavy (non-hydrogen) atoms. The van der Waals surface area contributed by atoms with Gasteiger partial charge in [0.1, 0.15) is 6.61 Å². The second-order valence-corrected chi connectivity index (χ2v) is 18.2. The lowest BCUT2D eigenvalue weighted by Gasteiger charge is -2.15. The molecule has 5 nitrogen and oxygen atoms in total. The fourth-order valence-corrected chi connectivity index (χ4v) is 7.44. The molecule has 0 aromatic rings. The average Bonchev–Trinajstić information content (AvgIpc) is 3.36. The van der Waals surface area contributed by atoms with Gasteiger partial charge < -0.3 is 14.6 Å². The van der Waals surface area contributed by atoms with Gasteiger partial charge in [-0.25, -0.2) is 0 Å². The van der Waals surface area contributed by atoms with Gasteiger partial charge in [-0.3, -0.25) is 9.59 Å². The molecule has 0 saturated heterocycles. The molecule has 0 rings (SSSR count). The zero-order valence-electron chi connectivity index (χ0n) is 45.0. The molecule has 0 bridgehead atoms. The highest BCUT2D eigenvalue weighted by atomic mass is 16.6. The molecular formula is C65H104O5. The zero-order chi connectivity index (χ0) is 50.6. The number of aliphatic hydroxyl groups excluding tert-OH is 1. The maximum Gasteiger partial charge on any atom is 0.306 e. The van der Waals surface area contributed by atoms with Crippen LogP contribution in [0.25, 0.3) is 0 Å². The Balaban J connectivity index is 3.56. The second-order valence-electron chi connectivity index (χ2n) is 18.2. The highest BCUT2D eigenvalue weighted by Gasteiger charge is 2.16. The Bertz CT molecular complexity index is 1510. The predicted molar refractivity (Wildman–Crippen MR) is 306 cm³/mol. The normalized spacial score (nSPS) is 13.4. The Morgan fingerprint density at radius 2 is 0.571 bits per heavy atom. The zero-order valence-corrected chi connectivity index (χ0v) is 45.0. The van der Waals surface area contributed by atoms with Crippen LogP contribution < -0.4 is 0 Å². The topological polar surface area (TPSA) is 72.8 Å². The monoisotopic (exact) mass is 965 g/mol. The van der Waals surface area contributed by atoms with Gasteiger partial charge in [0.15, 0.2) is 6.10 Å². The number of rotatable bonds is 50. The highest BCUT2D eigenvalue weighted by molar-refractivity contribution is 5.70. The molecule has 0 aliphatic rings. The third-order valence-electron chi connectivity index (χ3n) is 11.6. The second kappa shape index (κ2) is 59.1. The summed E-state index contributed by atoms with van der Waals surface area (Å²) in [6.45, 7) is 3.88. The van der Waals surface area contributed by atoms with Crippen molar-refractivity contribution in [3.63, 3.8) is 0 Å². The Labute approximate surface area is 431 Å². The van der Waals surface area contributed by atoms with Gasteiger partial charge in [-0.05, 0) is 116 Å². The molecule has 0 aliphatic heterocycles. The van der Waals surface area contributed by atoms with Crippen molar-refractivity contribution in [3.8, 4) is 0 Å². The summed E-state index contributed by atoms with van der Waals surface area (Å²) in [5.41, 5.74) is 0. The van der Waals surface area contributed by atoms with Crippen molar-refractivity contribution in [1.82, 2.24) is 0 Å². The van der Waals surface area contributed by atoms with E-state index in [1.54, 1.807) is 0 Å². The van der Waals surface area contributed by atoms with E-state index in [1.807, 2.05) is 0 Å². The quantitative estimate of drug-likeness (QED) is 0.0374. The van der Waals surface area contributed by atoms with Crippen LogP contribution in [0.3, 0.4) is 0 Å². The maximum atomic E-state index is 12.3. The SMILES string of the molecule is CC/C=C\C/C=C\C/C=C\C/C=C\C/C=C\C/C=C\C/C=C\CCCCCCCCCCCCCCCCCC(=O)OC(CO)COC(=O)CCCCC/C=C\C/C=C\C/C=C\C/C=C\C/C=C\CC. The molecular weight excluding hydrogens is 861 g/mol. The molecule has 0 heterocycles. The van der Waals surface area contributed by atoms with Gasteiger partial charge in [0.25, 0.3) is 0 Å². The Morgan fingerprint density at radius 1 is 0.329 bits per heavy atom. The van der Waals surface area contributed by atoms with Crippen LogP contribution in [0.2, 0.25) is 0 Å². The number of carbonyl (C=O) groups is 2. The largest absolute Gasteiger partial charge is 0.462 e. The van der Waals surface area contributed by atoms with Gasteiger partial charge in [-0.1, -0.05) is 250 Å². The van der Waals surface area contributed by atoms with Crippen LogP contribution in [0.1, 0.15) is 232 Å². The number of allylic oxidation sites excluding steroid dienone is 24. The van der Waals surface area contributed by atoms with E-state index >= 15 is 0 Å². The fraction of sp³-hybridized carbons (Fsp3) is 0.600. The van der Waals surface area contributed by atoms with Gasteiger partial charge >= 0.3 is 11.9 Å². The van der Waals surface area contributed by atoms with Crippen LogP contribution in [-0.4, -0.2) is 36.4 Å². The van der Waals surface area contributed by atoms with Crippen LogP contribution in [0.5, 0.6) is 0 Å². The molecule has 0 aromatic heterocycles. The first-order chi connectivity index (χ1) is 34.6. The summed E-state index contributed by atoms with van der Waals surface area (Å²) in [7, 11) is 0. The fourth-order valence-electron chi connectivity index (χ4n) is 7.44. The number of hydrogen-bond donors (Lipinski definition) is 1. The molecule has 0 radical (unpaired) electrons. The van der Waals surface area contributed by atoms with E-state index < -0.39 is 6.10 Å². The summed E-state index contributed by atoms with van der Waals surface area (Å²) in [6, 6.07) is 0. The van der Waals surface area contributed by atoms with Gasteiger partial charge in [0.2, 0.25) is 0 Å². The van der Waals surface area contributed by atoms with Gasteiger partial charge in [-0.2, -0.15) is 0 Å². The van der Waals surface area contributed by atoms with Crippen LogP contribution in [0.4, 0.5) is 0 Å². The Morgan fingerprint density at radius 3 is 0.871 bits per heavy atom. The minimum absolute atomic E-state index is 0.0904. The lowest BCUT2D eigenvalue weighted by molar-refractivity contribution is -0.161. The molecule has 1 N–H and O–H groups in total. The Hall–Kier alpha value is -4.22. The number of carbonyl (C=O) groups excluding carboxylic acids is 2. The van der Waals surface area contributed by atoms with Gasteiger partial charge in [0.05, 0.1) is 6.61 Å².